The van der Waals surface area contributed by atoms with Crippen LogP contribution in [0.5, 0.6) is 0 Å². The summed E-state index contributed by atoms with van der Waals surface area (Å²) in [5.74, 6) is 0.0694. The number of thiazole rings is 1. The van der Waals surface area contributed by atoms with Gasteiger partial charge in [0, 0.05) is 30.4 Å². The average molecular weight is 573 g/mol. The number of aromatic nitrogens is 1. The summed E-state index contributed by atoms with van der Waals surface area (Å²) in [5, 5.41) is 12.8. The minimum Gasteiger partial charge on any atom is -0.367 e. The highest BCUT2D eigenvalue weighted by Gasteiger charge is 2.45. The third-order valence-corrected chi connectivity index (χ3v) is 8.90. The van der Waals surface area contributed by atoms with E-state index in [-0.39, 0.29) is 23.0 Å². The normalized spacial score (nSPS) is 19.6. The summed E-state index contributed by atoms with van der Waals surface area (Å²) in [4.78, 5) is 40.4. The molecule has 1 N–H and O–H groups in total. The first-order chi connectivity index (χ1) is 19.3. The summed E-state index contributed by atoms with van der Waals surface area (Å²) in [7, 11) is 0. The fourth-order valence-corrected chi connectivity index (χ4v) is 6.78. The molecule has 40 heavy (non-hydrogen) atoms. The standard InChI is InChI=1S/C30H32N6O2S2/c1-18(2)26(36-14-22-6-4-5-7-24(22)29(36)37)30(38)35-15-23(39)12-25(35)28(33-16-31)32-13-20-8-10-21(11-9-20)27-19(3)34-17-40-27/h4-11,17-18,23,25-26,39H,12-15H2,1-3H3,(H,32,33)/t23-,25+,26+/m1/s1. The number of fused-ring (bicyclic) bond motifs is 1. The Hall–Kier alpha value is -3.68. The maximum Gasteiger partial charge on any atom is 0.255 e. The summed E-state index contributed by atoms with van der Waals surface area (Å²) in [6, 6.07) is 14.6. The first kappa shape index (κ1) is 27.9. The van der Waals surface area contributed by atoms with E-state index in [1.807, 2.05) is 68.9 Å². The quantitative estimate of drug-likeness (QED) is 0.186. The molecule has 206 valence electrons. The van der Waals surface area contributed by atoms with Crippen LogP contribution in [0.25, 0.3) is 10.4 Å². The van der Waals surface area contributed by atoms with Crippen LogP contribution in [0.3, 0.4) is 0 Å². The number of benzene rings is 2. The highest BCUT2D eigenvalue weighted by atomic mass is 32.1. The topological polar surface area (TPSA) is 102 Å². The van der Waals surface area contributed by atoms with Crippen LogP contribution in [0.15, 0.2) is 59.0 Å². The number of aliphatic imine (C=N–C) groups is 1. The molecule has 0 spiro atoms. The van der Waals surface area contributed by atoms with Gasteiger partial charge in [-0.3, -0.25) is 9.59 Å². The lowest BCUT2D eigenvalue weighted by atomic mass is 10.00. The Labute approximate surface area is 244 Å². The Morgan fingerprint density at radius 1 is 1.25 bits per heavy atom. The number of nitriles is 1. The van der Waals surface area contributed by atoms with Crippen molar-refractivity contribution >= 4 is 41.6 Å². The Morgan fingerprint density at radius 3 is 2.65 bits per heavy atom. The molecule has 0 bridgehead atoms. The van der Waals surface area contributed by atoms with Gasteiger partial charge in [-0.1, -0.05) is 56.3 Å². The minimum atomic E-state index is -0.632. The van der Waals surface area contributed by atoms with Crippen LogP contribution in [0.2, 0.25) is 0 Å². The molecule has 0 radical (unpaired) electrons. The zero-order valence-electron chi connectivity index (χ0n) is 22.7. The van der Waals surface area contributed by atoms with Gasteiger partial charge >= 0.3 is 0 Å². The van der Waals surface area contributed by atoms with E-state index < -0.39 is 12.1 Å². The molecule has 1 fully saturated rings. The second-order valence-electron chi connectivity index (χ2n) is 10.6. The van der Waals surface area contributed by atoms with Crippen LogP contribution >= 0.6 is 24.0 Å². The molecule has 5 rings (SSSR count). The van der Waals surface area contributed by atoms with E-state index in [2.05, 4.69) is 27.4 Å². The molecule has 0 saturated carbocycles. The van der Waals surface area contributed by atoms with Crippen molar-refractivity contribution in [3.8, 4) is 16.6 Å². The fraction of sp³-hybridized carbons (Fsp3) is 0.367. The van der Waals surface area contributed by atoms with Crippen LogP contribution in [-0.4, -0.2) is 56.3 Å². The molecule has 3 aromatic rings. The summed E-state index contributed by atoms with van der Waals surface area (Å²) in [6.45, 7) is 7.19. The molecular weight excluding hydrogens is 541 g/mol. The van der Waals surface area contributed by atoms with Gasteiger partial charge in [0.1, 0.15) is 11.9 Å². The SMILES string of the molecule is Cc1ncsc1-c1ccc(CN/C(=N/C#N)[C@@H]2C[C@@H](S)CN2C(=O)[C@H](C(C)C)N2Cc3ccccc3C2=O)cc1. The maximum atomic E-state index is 14.1. The Morgan fingerprint density at radius 2 is 2.00 bits per heavy atom. The highest BCUT2D eigenvalue weighted by molar-refractivity contribution is 7.81. The second kappa shape index (κ2) is 11.8. The zero-order valence-corrected chi connectivity index (χ0v) is 24.5. The third-order valence-electron chi connectivity index (χ3n) is 7.55. The molecule has 3 heterocycles. The van der Waals surface area contributed by atoms with E-state index in [4.69, 9.17) is 12.6 Å². The van der Waals surface area contributed by atoms with Crippen LogP contribution in [0, 0.1) is 24.3 Å². The summed E-state index contributed by atoms with van der Waals surface area (Å²) < 4.78 is 0. The van der Waals surface area contributed by atoms with E-state index in [0.717, 1.165) is 27.3 Å². The Balaban J connectivity index is 1.33. The second-order valence-corrected chi connectivity index (χ2v) is 12.2. The van der Waals surface area contributed by atoms with Crippen molar-refractivity contribution in [3.63, 3.8) is 0 Å². The van der Waals surface area contributed by atoms with E-state index >= 15 is 0 Å². The van der Waals surface area contributed by atoms with Gasteiger partial charge in [0.2, 0.25) is 12.1 Å². The van der Waals surface area contributed by atoms with Crippen LogP contribution in [0.1, 0.15) is 47.4 Å². The predicted octanol–water partition coefficient (Wildman–Crippen LogP) is 4.67. The molecule has 10 heteroatoms. The molecule has 0 aliphatic carbocycles. The molecule has 1 aromatic heterocycles. The van der Waals surface area contributed by atoms with E-state index in [1.165, 1.54) is 0 Å². The molecule has 8 nitrogen and oxygen atoms in total. The zero-order chi connectivity index (χ0) is 28.4. The van der Waals surface area contributed by atoms with Crippen LogP contribution < -0.4 is 5.32 Å². The van der Waals surface area contributed by atoms with E-state index in [9.17, 15) is 14.9 Å². The number of nitrogens with one attached hydrogen (secondary N) is 1. The maximum absolute atomic E-state index is 14.1. The van der Waals surface area contributed by atoms with Crippen molar-refractivity contribution in [1.29, 1.82) is 5.26 Å². The van der Waals surface area contributed by atoms with Crippen LogP contribution in [0.4, 0.5) is 0 Å². The lowest BCUT2D eigenvalue weighted by Gasteiger charge is -2.35. The van der Waals surface area contributed by atoms with Gasteiger partial charge in [0.15, 0.2) is 0 Å². The molecule has 2 amide bonds. The van der Waals surface area contributed by atoms with Crippen LogP contribution in [-0.2, 0) is 17.9 Å². The van der Waals surface area contributed by atoms with Crippen molar-refractivity contribution in [3.05, 3.63) is 76.4 Å². The van der Waals surface area contributed by atoms with Gasteiger partial charge in [-0.2, -0.15) is 22.9 Å². The number of nitrogens with zero attached hydrogens (tertiary/aromatic N) is 5. The number of hydrogen-bond acceptors (Lipinski definition) is 7. The monoisotopic (exact) mass is 572 g/mol. The predicted molar refractivity (Wildman–Crippen MR) is 160 cm³/mol. The van der Waals surface area contributed by atoms with Gasteiger partial charge in [0.25, 0.3) is 5.91 Å². The lowest BCUT2D eigenvalue weighted by Crippen LogP contribution is -2.55. The number of likely N-dealkylation sites (tertiary alicyclic amines) is 1. The van der Waals surface area contributed by atoms with Gasteiger partial charge in [-0.15, -0.1) is 11.3 Å². The Bertz CT molecular complexity index is 1480. The van der Waals surface area contributed by atoms with E-state index in [1.54, 1.807) is 21.1 Å². The van der Waals surface area contributed by atoms with Crippen molar-refractivity contribution in [2.75, 3.05) is 6.54 Å². The number of amides is 2. The molecule has 3 atom stereocenters. The summed E-state index contributed by atoms with van der Waals surface area (Å²) in [6.07, 6.45) is 2.47. The lowest BCUT2D eigenvalue weighted by molar-refractivity contribution is -0.137. The van der Waals surface area contributed by atoms with Crippen molar-refractivity contribution in [2.24, 2.45) is 10.9 Å². The van der Waals surface area contributed by atoms with Gasteiger partial charge in [-0.25, -0.2) is 4.98 Å². The van der Waals surface area contributed by atoms with Gasteiger partial charge in [0.05, 0.1) is 22.1 Å². The van der Waals surface area contributed by atoms with Gasteiger partial charge < -0.3 is 15.1 Å². The van der Waals surface area contributed by atoms with Crippen molar-refractivity contribution in [2.45, 2.75) is 57.6 Å². The molecule has 2 aromatic carbocycles. The van der Waals surface area contributed by atoms with Crippen molar-refractivity contribution < 1.29 is 9.59 Å². The molecule has 2 aliphatic rings. The fourth-order valence-electron chi connectivity index (χ4n) is 5.60. The number of carbonyl (C=O) groups is 2. The molecular formula is C30H32N6O2S2. The summed E-state index contributed by atoms with van der Waals surface area (Å²) in [5.41, 5.74) is 6.56. The number of aryl methyl sites for hydroxylation is 1. The largest absolute Gasteiger partial charge is 0.367 e. The molecule has 1 saturated heterocycles. The third kappa shape index (κ3) is 5.49. The first-order valence-corrected chi connectivity index (χ1v) is 14.8. The average Bonchev–Trinajstić information content (AvgIpc) is 3.64. The smallest absolute Gasteiger partial charge is 0.255 e. The van der Waals surface area contributed by atoms with Gasteiger partial charge in [-0.05, 0) is 42.0 Å². The first-order valence-electron chi connectivity index (χ1n) is 13.4. The minimum absolute atomic E-state index is 0.0686. The number of amidine groups is 1. The number of thiol groups is 1. The number of carbonyl (C=O) groups excluding carboxylic acids is 2. The summed E-state index contributed by atoms with van der Waals surface area (Å²) >= 11 is 6.31. The Kier molecular flexibility index (Phi) is 8.24. The van der Waals surface area contributed by atoms with E-state index in [0.29, 0.717) is 37.5 Å². The number of rotatable bonds is 7. The highest BCUT2D eigenvalue weighted by Crippen LogP contribution is 2.31. The number of hydrogen-bond donors (Lipinski definition) is 2. The molecule has 2 aliphatic heterocycles. The van der Waals surface area contributed by atoms with Crippen molar-refractivity contribution in [1.82, 2.24) is 20.1 Å². The molecule has 0 unspecified atom stereocenters.